The number of nitrogens with zero attached hydrogens (tertiary/aromatic N) is 1. The van der Waals surface area contributed by atoms with Crippen LogP contribution in [0, 0.1) is 6.92 Å². The number of ether oxygens (including phenoxy) is 3. The first-order valence-electron chi connectivity index (χ1n) is 10.6. The van der Waals surface area contributed by atoms with Crippen molar-refractivity contribution in [1.82, 2.24) is 5.32 Å². The van der Waals surface area contributed by atoms with Crippen LogP contribution in [0.3, 0.4) is 0 Å². The lowest BCUT2D eigenvalue weighted by Gasteiger charge is -2.26. The number of nitrogens with one attached hydrogen (secondary N) is 1. The van der Waals surface area contributed by atoms with Crippen molar-refractivity contribution in [2.75, 3.05) is 24.7 Å². The summed E-state index contributed by atoms with van der Waals surface area (Å²) in [5.41, 5.74) is 0.990. The Morgan fingerprint density at radius 3 is 2.43 bits per heavy atom. The third kappa shape index (κ3) is 5.93. The molecule has 1 aliphatic heterocycles. The fourth-order valence-electron chi connectivity index (χ4n) is 3.19. The van der Waals surface area contributed by atoms with Gasteiger partial charge in [0.25, 0.3) is 11.8 Å². The smallest absolute Gasteiger partial charge is 0.344 e. The number of barbiturate groups is 1. The molecule has 2 aromatic carbocycles. The molecule has 1 heterocycles. The van der Waals surface area contributed by atoms with E-state index in [-0.39, 0.29) is 47.6 Å². The monoisotopic (exact) mass is 520 g/mol. The van der Waals surface area contributed by atoms with Crippen molar-refractivity contribution in [3.05, 3.63) is 57.1 Å². The molecule has 9 nitrogen and oxygen atoms in total. The van der Waals surface area contributed by atoms with E-state index in [0.717, 1.165) is 10.5 Å². The van der Waals surface area contributed by atoms with Crippen molar-refractivity contribution in [2.45, 2.75) is 20.8 Å². The second-order valence-electron chi connectivity index (χ2n) is 7.25. The summed E-state index contributed by atoms with van der Waals surface area (Å²) in [6.45, 7) is 5.25. The van der Waals surface area contributed by atoms with E-state index in [1.807, 2.05) is 0 Å². The van der Waals surface area contributed by atoms with Crippen LogP contribution in [0.15, 0.2) is 35.9 Å². The van der Waals surface area contributed by atoms with E-state index in [1.165, 1.54) is 24.3 Å². The Morgan fingerprint density at radius 1 is 1.03 bits per heavy atom. The molecule has 0 atom stereocenters. The number of amides is 4. The number of rotatable bonds is 8. The van der Waals surface area contributed by atoms with Crippen LogP contribution in [0.25, 0.3) is 6.08 Å². The number of esters is 1. The van der Waals surface area contributed by atoms with Crippen LogP contribution < -0.4 is 19.7 Å². The maximum atomic E-state index is 13.1. The average Bonchev–Trinajstić information content (AvgIpc) is 2.78. The van der Waals surface area contributed by atoms with E-state index in [1.54, 1.807) is 32.9 Å². The van der Waals surface area contributed by atoms with Crippen LogP contribution in [-0.4, -0.2) is 43.6 Å². The summed E-state index contributed by atoms with van der Waals surface area (Å²) in [5, 5.41) is 2.58. The van der Waals surface area contributed by atoms with Crippen LogP contribution in [0.2, 0.25) is 10.0 Å². The molecular formula is C24H22Cl2N2O7. The van der Waals surface area contributed by atoms with E-state index in [4.69, 9.17) is 37.4 Å². The van der Waals surface area contributed by atoms with Gasteiger partial charge in [0, 0.05) is 5.02 Å². The molecular weight excluding hydrogens is 499 g/mol. The minimum absolute atomic E-state index is 0.0778. The van der Waals surface area contributed by atoms with Crippen molar-refractivity contribution in [3.63, 3.8) is 0 Å². The summed E-state index contributed by atoms with van der Waals surface area (Å²) >= 11 is 12.5. The van der Waals surface area contributed by atoms with E-state index < -0.39 is 23.8 Å². The standard InChI is InChI=1S/C24H22Cl2N2O7/c1-4-33-19-10-14(9-18(26)21(19)35-12-20(29)34-5-2)8-16-22(30)27-24(32)28(23(16)31)15-7-6-13(3)17(25)11-15/h6-11H,4-5,12H2,1-3H3,(H,27,30,32)/b16-8-. The third-order valence-electron chi connectivity index (χ3n) is 4.80. The summed E-state index contributed by atoms with van der Waals surface area (Å²) in [6, 6.07) is 6.69. The molecule has 1 N–H and O–H groups in total. The molecule has 3 rings (SSSR count). The number of carbonyl (C=O) groups is 4. The highest BCUT2D eigenvalue weighted by atomic mass is 35.5. The molecule has 1 saturated heterocycles. The molecule has 0 aromatic heterocycles. The lowest BCUT2D eigenvalue weighted by Crippen LogP contribution is -2.54. The van der Waals surface area contributed by atoms with Gasteiger partial charge in [-0.2, -0.15) is 0 Å². The quantitative estimate of drug-likeness (QED) is 0.313. The van der Waals surface area contributed by atoms with Gasteiger partial charge in [0.2, 0.25) is 0 Å². The van der Waals surface area contributed by atoms with Gasteiger partial charge in [-0.1, -0.05) is 29.3 Å². The molecule has 184 valence electrons. The number of benzene rings is 2. The normalized spacial score (nSPS) is 14.7. The molecule has 0 unspecified atom stereocenters. The van der Waals surface area contributed by atoms with Gasteiger partial charge in [-0.15, -0.1) is 0 Å². The van der Waals surface area contributed by atoms with Gasteiger partial charge >= 0.3 is 12.0 Å². The van der Waals surface area contributed by atoms with Gasteiger partial charge in [0.15, 0.2) is 18.1 Å². The number of carbonyl (C=O) groups excluding carboxylic acids is 4. The Bertz CT molecular complexity index is 1230. The molecule has 0 spiro atoms. The molecule has 2 aromatic rings. The molecule has 4 amide bonds. The minimum Gasteiger partial charge on any atom is -0.490 e. The lowest BCUT2D eigenvalue weighted by molar-refractivity contribution is -0.145. The Morgan fingerprint density at radius 2 is 1.77 bits per heavy atom. The molecule has 0 radical (unpaired) electrons. The highest BCUT2D eigenvalue weighted by Gasteiger charge is 2.37. The van der Waals surface area contributed by atoms with Crippen LogP contribution in [0.1, 0.15) is 25.0 Å². The highest BCUT2D eigenvalue weighted by molar-refractivity contribution is 6.39. The van der Waals surface area contributed by atoms with Crippen LogP contribution in [0.4, 0.5) is 10.5 Å². The topological polar surface area (TPSA) is 111 Å². The number of hydrogen-bond acceptors (Lipinski definition) is 7. The maximum Gasteiger partial charge on any atom is 0.344 e. The number of halogens is 2. The Kier molecular flexibility index (Phi) is 8.37. The van der Waals surface area contributed by atoms with Gasteiger partial charge < -0.3 is 14.2 Å². The van der Waals surface area contributed by atoms with Gasteiger partial charge in [0.05, 0.1) is 23.9 Å². The molecule has 0 bridgehead atoms. The van der Waals surface area contributed by atoms with Crippen molar-refractivity contribution in [2.24, 2.45) is 0 Å². The number of hydrogen-bond donors (Lipinski definition) is 1. The molecule has 35 heavy (non-hydrogen) atoms. The second kappa shape index (κ2) is 11.2. The van der Waals surface area contributed by atoms with E-state index in [9.17, 15) is 19.2 Å². The number of urea groups is 1. The van der Waals surface area contributed by atoms with E-state index in [0.29, 0.717) is 10.6 Å². The lowest BCUT2D eigenvalue weighted by atomic mass is 10.1. The van der Waals surface area contributed by atoms with Crippen molar-refractivity contribution >= 4 is 58.8 Å². The summed E-state index contributed by atoms with van der Waals surface area (Å²) in [5.74, 6) is -1.99. The predicted molar refractivity (Wildman–Crippen MR) is 130 cm³/mol. The third-order valence-corrected chi connectivity index (χ3v) is 5.49. The molecule has 11 heteroatoms. The number of anilines is 1. The molecule has 0 aliphatic carbocycles. The van der Waals surface area contributed by atoms with Crippen LogP contribution in [0.5, 0.6) is 11.5 Å². The molecule has 0 saturated carbocycles. The fourth-order valence-corrected chi connectivity index (χ4v) is 3.64. The summed E-state index contributed by atoms with van der Waals surface area (Å²) in [4.78, 5) is 50.5. The first kappa shape index (κ1) is 26.1. The fraction of sp³-hybridized carbons (Fsp3) is 0.250. The Balaban J connectivity index is 1.97. The zero-order chi connectivity index (χ0) is 25.7. The summed E-state index contributed by atoms with van der Waals surface area (Å²) < 4.78 is 15.9. The SMILES string of the molecule is CCOC(=O)COc1c(Cl)cc(/C=C2/C(=O)NC(=O)N(c3ccc(C)c(Cl)c3)C2=O)cc1OCC. The summed E-state index contributed by atoms with van der Waals surface area (Å²) in [7, 11) is 0. The Labute approximate surface area is 211 Å². The average molecular weight is 521 g/mol. The van der Waals surface area contributed by atoms with Crippen molar-refractivity contribution in [1.29, 1.82) is 0 Å². The first-order chi connectivity index (χ1) is 16.7. The first-order valence-corrected chi connectivity index (χ1v) is 11.3. The van der Waals surface area contributed by atoms with Crippen molar-refractivity contribution < 1.29 is 33.4 Å². The number of aryl methyl sites for hydroxylation is 1. The Hall–Kier alpha value is -3.56. The second-order valence-corrected chi connectivity index (χ2v) is 8.06. The highest BCUT2D eigenvalue weighted by Crippen LogP contribution is 2.37. The van der Waals surface area contributed by atoms with Gasteiger partial charge in [0.1, 0.15) is 5.57 Å². The predicted octanol–water partition coefficient (Wildman–Crippen LogP) is 4.31. The van der Waals surface area contributed by atoms with Crippen LogP contribution >= 0.6 is 23.2 Å². The van der Waals surface area contributed by atoms with Gasteiger partial charge in [-0.3, -0.25) is 14.9 Å². The zero-order valence-electron chi connectivity index (χ0n) is 19.1. The maximum absolute atomic E-state index is 13.1. The van der Waals surface area contributed by atoms with Crippen LogP contribution in [-0.2, 0) is 19.1 Å². The molecule has 1 fully saturated rings. The number of imide groups is 2. The van der Waals surface area contributed by atoms with Gasteiger partial charge in [-0.25, -0.2) is 14.5 Å². The summed E-state index contributed by atoms with van der Waals surface area (Å²) in [6.07, 6.45) is 1.27. The largest absolute Gasteiger partial charge is 0.490 e. The zero-order valence-corrected chi connectivity index (χ0v) is 20.7. The minimum atomic E-state index is -0.896. The van der Waals surface area contributed by atoms with Crippen molar-refractivity contribution in [3.8, 4) is 11.5 Å². The van der Waals surface area contributed by atoms with E-state index in [2.05, 4.69) is 5.32 Å². The molecule has 1 aliphatic rings. The van der Waals surface area contributed by atoms with E-state index >= 15 is 0 Å². The van der Waals surface area contributed by atoms with Gasteiger partial charge in [-0.05, 0) is 62.2 Å².